The van der Waals surface area contributed by atoms with Gasteiger partial charge >= 0.3 is 6.03 Å². The summed E-state index contributed by atoms with van der Waals surface area (Å²) in [4.78, 5) is 17.0. The minimum atomic E-state index is -0.408. The Bertz CT molecular complexity index is 557. The molecule has 1 unspecified atom stereocenters. The summed E-state index contributed by atoms with van der Waals surface area (Å²) in [5, 5.41) is 0.464. The first-order valence-corrected chi connectivity index (χ1v) is 6.05. The second-order valence-electron chi connectivity index (χ2n) is 4.06. The van der Waals surface area contributed by atoms with E-state index in [2.05, 4.69) is 11.6 Å². The Morgan fingerprint density at radius 2 is 2.37 bits per heavy atom. The smallest absolute Gasteiger partial charge is 0.346 e. The Morgan fingerprint density at radius 3 is 2.95 bits per heavy atom. The van der Waals surface area contributed by atoms with Gasteiger partial charge in [-0.25, -0.2) is 4.79 Å². The van der Waals surface area contributed by atoms with Crippen molar-refractivity contribution < 1.29 is 9.53 Å². The van der Waals surface area contributed by atoms with E-state index in [1.165, 1.54) is 4.90 Å². The number of carbonyl (C=O) groups is 1. The lowest BCUT2D eigenvalue weighted by atomic mass is 10.1. The summed E-state index contributed by atoms with van der Waals surface area (Å²) in [6.45, 7) is 4.00. The summed E-state index contributed by atoms with van der Waals surface area (Å²) in [6.07, 6.45) is 1.63. The highest BCUT2D eigenvalue weighted by molar-refractivity contribution is 6.32. The Kier molecular flexibility index (Phi) is 3.76. The number of benzene rings is 1. The first-order chi connectivity index (χ1) is 9.08. The van der Waals surface area contributed by atoms with E-state index in [9.17, 15) is 4.79 Å². The molecule has 0 radical (unpaired) electrons. The molecule has 1 aromatic carbocycles. The number of carbonyl (C=O) groups excluding carboxylic acids is 1. The van der Waals surface area contributed by atoms with Crippen LogP contribution in [0.2, 0.25) is 5.02 Å². The first-order valence-electron chi connectivity index (χ1n) is 5.67. The number of urea groups is 1. The van der Waals surface area contributed by atoms with E-state index in [1.54, 1.807) is 25.3 Å². The van der Waals surface area contributed by atoms with Gasteiger partial charge in [-0.05, 0) is 17.7 Å². The van der Waals surface area contributed by atoms with Gasteiger partial charge in [-0.1, -0.05) is 23.7 Å². The summed E-state index contributed by atoms with van der Waals surface area (Å²) in [6, 6.07) is 4.50. The largest absolute Gasteiger partial charge is 0.495 e. The number of hydrogen-bond donors (Lipinski definition) is 1. The van der Waals surface area contributed by atoms with Crippen molar-refractivity contribution in [3.8, 4) is 5.75 Å². The zero-order valence-corrected chi connectivity index (χ0v) is 11.2. The lowest BCUT2D eigenvalue weighted by molar-refractivity contribution is 0.213. The molecule has 0 saturated heterocycles. The molecule has 1 aliphatic rings. The molecule has 5 nitrogen and oxygen atoms in total. The van der Waals surface area contributed by atoms with Crippen molar-refractivity contribution in [2.45, 2.75) is 6.04 Å². The van der Waals surface area contributed by atoms with Crippen LogP contribution >= 0.6 is 11.6 Å². The quantitative estimate of drug-likeness (QED) is 0.861. The van der Waals surface area contributed by atoms with Gasteiger partial charge in [0.05, 0.1) is 12.1 Å². The predicted octanol–water partition coefficient (Wildman–Crippen LogP) is 2.37. The highest BCUT2D eigenvalue weighted by atomic mass is 35.5. The fraction of sp³-hybridized carbons (Fsp3) is 0.231. The SMILES string of the molecule is C=CCN1C(=O)N=C(N)C1c1ccc(OC)c(Cl)c1. The number of methoxy groups -OCH3 is 1. The van der Waals surface area contributed by atoms with Crippen molar-refractivity contribution in [3.63, 3.8) is 0 Å². The van der Waals surface area contributed by atoms with Crippen LogP contribution in [0.1, 0.15) is 11.6 Å². The molecule has 0 fully saturated rings. The van der Waals surface area contributed by atoms with Gasteiger partial charge in [-0.2, -0.15) is 4.99 Å². The van der Waals surface area contributed by atoms with Crippen LogP contribution in [0.15, 0.2) is 35.8 Å². The maximum absolute atomic E-state index is 11.7. The summed E-state index contributed by atoms with van der Waals surface area (Å²) in [5.41, 5.74) is 6.61. The van der Waals surface area contributed by atoms with Gasteiger partial charge in [0, 0.05) is 6.54 Å². The van der Waals surface area contributed by atoms with Crippen LogP contribution in [0.25, 0.3) is 0 Å². The van der Waals surface area contributed by atoms with E-state index in [0.717, 1.165) is 5.56 Å². The fourth-order valence-electron chi connectivity index (χ4n) is 2.03. The minimum absolute atomic E-state index is 0.257. The summed E-state index contributed by atoms with van der Waals surface area (Å²) in [7, 11) is 1.54. The third kappa shape index (κ3) is 2.42. The molecular formula is C13H14ClN3O2. The number of halogens is 1. The van der Waals surface area contributed by atoms with Gasteiger partial charge in [-0.3, -0.25) is 0 Å². The Morgan fingerprint density at radius 1 is 1.63 bits per heavy atom. The van der Waals surface area contributed by atoms with Crippen molar-refractivity contribution in [1.29, 1.82) is 0 Å². The molecule has 2 rings (SSSR count). The molecule has 100 valence electrons. The summed E-state index contributed by atoms with van der Waals surface area (Å²) < 4.78 is 5.09. The first kappa shape index (κ1) is 13.4. The van der Waals surface area contributed by atoms with Crippen molar-refractivity contribution in [2.24, 2.45) is 10.7 Å². The van der Waals surface area contributed by atoms with Gasteiger partial charge in [0.1, 0.15) is 17.6 Å². The topological polar surface area (TPSA) is 67.9 Å². The fourth-order valence-corrected chi connectivity index (χ4v) is 2.30. The van der Waals surface area contributed by atoms with Crippen molar-refractivity contribution in [1.82, 2.24) is 4.90 Å². The maximum Gasteiger partial charge on any atom is 0.346 e. The van der Waals surface area contributed by atoms with Gasteiger partial charge in [0.15, 0.2) is 0 Å². The number of nitrogens with two attached hydrogens (primary N) is 1. The van der Waals surface area contributed by atoms with E-state index in [4.69, 9.17) is 22.1 Å². The van der Waals surface area contributed by atoms with E-state index in [0.29, 0.717) is 17.3 Å². The molecule has 19 heavy (non-hydrogen) atoms. The molecule has 0 saturated carbocycles. The van der Waals surface area contributed by atoms with Crippen LogP contribution in [0.4, 0.5) is 4.79 Å². The summed E-state index contributed by atoms with van der Waals surface area (Å²) >= 11 is 6.09. The van der Waals surface area contributed by atoms with E-state index in [1.807, 2.05) is 6.07 Å². The monoisotopic (exact) mass is 279 g/mol. The molecular weight excluding hydrogens is 266 g/mol. The zero-order valence-electron chi connectivity index (χ0n) is 10.5. The van der Waals surface area contributed by atoms with Crippen molar-refractivity contribution in [2.75, 3.05) is 13.7 Å². The lowest BCUT2D eigenvalue weighted by Crippen LogP contribution is -2.33. The second-order valence-corrected chi connectivity index (χ2v) is 4.46. The predicted molar refractivity (Wildman–Crippen MR) is 74.7 cm³/mol. The van der Waals surface area contributed by atoms with Crippen molar-refractivity contribution in [3.05, 3.63) is 41.4 Å². The van der Waals surface area contributed by atoms with Crippen LogP contribution in [-0.2, 0) is 0 Å². The molecule has 0 aliphatic carbocycles. The Hall–Kier alpha value is -2.01. The van der Waals surface area contributed by atoms with E-state index >= 15 is 0 Å². The molecule has 1 aromatic rings. The standard InChI is InChI=1S/C13H14ClN3O2/c1-3-6-17-11(12(15)16-13(17)18)8-4-5-10(19-2)9(14)7-8/h3-5,7,11H,1,6H2,2H3,(H2,15,16,18). The lowest BCUT2D eigenvalue weighted by Gasteiger charge is -2.23. The molecule has 1 aliphatic heterocycles. The molecule has 1 atom stereocenters. The normalized spacial score (nSPS) is 18.4. The van der Waals surface area contributed by atoms with Crippen LogP contribution in [0.5, 0.6) is 5.75 Å². The molecule has 2 amide bonds. The number of rotatable bonds is 4. The van der Waals surface area contributed by atoms with E-state index < -0.39 is 6.04 Å². The van der Waals surface area contributed by atoms with Gasteiger partial charge in [0.25, 0.3) is 0 Å². The van der Waals surface area contributed by atoms with Gasteiger partial charge in [-0.15, -0.1) is 6.58 Å². The average molecular weight is 280 g/mol. The third-order valence-electron chi connectivity index (χ3n) is 2.88. The Labute approximate surface area is 116 Å². The number of nitrogens with zero attached hydrogens (tertiary/aromatic N) is 2. The van der Waals surface area contributed by atoms with Crippen LogP contribution in [0, 0.1) is 0 Å². The van der Waals surface area contributed by atoms with Gasteiger partial charge < -0.3 is 15.4 Å². The number of amidine groups is 1. The zero-order chi connectivity index (χ0) is 14.0. The highest BCUT2D eigenvalue weighted by Crippen LogP contribution is 2.32. The maximum atomic E-state index is 11.7. The number of aliphatic imine (C=N–C) groups is 1. The molecule has 0 bridgehead atoms. The Balaban J connectivity index is 2.38. The highest BCUT2D eigenvalue weighted by Gasteiger charge is 2.33. The molecule has 6 heteroatoms. The summed E-state index contributed by atoms with van der Waals surface area (Å²) in [5.74, 6) is 0.827. The number of amides is 2. The second kappa shape index (κ2) is 5.32. The van der Waals surface area contributed by atoms with Crippen LogP contribution < -0.4 is 10.5 Å². The average Bonchev–Trinajstić information content (AvgIpc) is 2.65. The number of ether oxygens (including phenoxy) is 1. The van der Waals surface area contributed by atoms with E-state index in [-0.39, 0.29) is 11.9 Å². The molecule has 2 N–H and O–H groups in total. The van der Waals surface area contributed by atoms with Crippen LogP contribution in [0.3, 0.4) is 0 Å². The molecule has 0 aromatic heterocycles. The molecule has 1 heterocycles. The third-order valence-corrected chi connectivity index (χ3v) is 3.18. The van der Waals surface area contributed by atoms with Crippen molar-refractivity contribution >= 4 is 23.5 Å². The van der Waals surface area contributed by atoms with Crippen LogP contribution in [-0.4, -0.2) is 30.4 Å². The molecule has 0 spiro atoms. The van der Waals surface area contributed by atoms with Gasteiger partial charge in [0.2, 0.25) is 0 Å². The number of hydrogen-bond acceptors (Lipinski definition) is 3. The minimum Gasteiger partial charge on any atom is -0.495 e.